The van der Waals surface area contributed by atoms with Crippen molar-refractivity contribution in [3.05, 3.63) is 88.2 Å². The van der Waals surface area contributed by atoms with E-state index in [0.29, 0.717) is 17.3 Å². The van der Waals surface area contributed by atoms with E-state index in [1.165, 1.54) is 0 Å². The van der Waals surface area contributed by atoms with Crippen LogP contribution >= 0.6 is 0 Å². The molecule has 4 aromatic rings. The van der Waals surface area contributed by atoms with Crippen LogP contribution in [0.15, 0.2) is 66.1 Å². The second-order valence-corrected chi connectivity index (χ2v) is 7.26. The molecule has 6 nitrogen and oxygen atoms in total. The Balaban J connectivity index is 1.65. The molecule has 1 aromatic carbocycles. The van der Waals surface area contributed by atoms with Gasteiger partial charge in [0.2, 0.25) is 0 Å². The van der Waals surface area contributed by atoms with Crippen LogP contribution in [0.3, 0.4) is 0 Å². The van der Waals surface area contributed by atoms with Crippen molar-refractivity contribution < 1.29 is 0 Å². The van der Waals surface area contributed by atoms with E-state index in [-0.39, 0.29) is 5.43 Å². The highest BCUT2D eigenvalue weighted by molar-refractivity contribution is 5.86. The number of nitrogens with zero attached hydrogens (tertiary/aromatic N) is 5. The van der Waals surface area contributed by atoms with E-state index in [4.69, 9.17) is 0 Å². The topological polar surface area (TPSA) is 65.6 Å². The summed E-state index contributed by atoms with van der Waals surface area (Å²) < 4.78 is 3.52. The quantitative estimate of drug-likeness (QED) is 0.534. The molecule has 0 N–H and O–H groups in total. The monoisotopic (exact) mass is 381 g/mol. The normalized spacial score (nSPS) is 13.2. The van der Waals surface area contributed by atoms with Gasteiger partial charge in [-0.3, -0.25) is 19.1 Å². The molecule has 0 unspecified atom stereocenters. The summed E-state index contributed by atoms with van der Waals surface area (Å²) in [5, 5.41) is 9.09. The predicted molar refractivity (Wildman–Crippen MR) is 114 cm³/mol. The van der Waals surface area contributed by atoms with Gasteiger partial charge in [-0.05, 0) is 29.7 Å². The number of rotatable bonds is 2. The minimum atomic E-state index is 0.0200. The van der Waals surface area contributed by atoms with Crippen LogP contribution in [-0.2, 0) is 20.5 Å². The molecule has 0 saturated carbocycles. The van der Waals surface area contributed by atoms with E-state index in [1.807, 2.05) is 63.0 Å². The number of aromatic nitrogens is 5. The molecule has 29 heavy (non-hydrogen) atoms. The first-order valence-corrected chi connectivity index (χ1v) is 9.41. The number of hydrogen-bond donors (Lipinski definition) is 0. The van der Waals surface area contributed by atoms with Crippen LogP contribution in [0, 0.1) is 0 Å². The SMILES string of the molecule is Cn1cc(C2=CCc3c(ccc4ncc(-c5cnn(C)c5)cc4c3=O)C=C2)cn1. The van der Waals surface area contributed by atoms with E-state index in [0.717, 1.165) is 33.4 Å². The first-order chi connectivity index (χ1) is 14.1. The number of allylic oxidation sites excluding steroid dienone is 3. The van der Waals surface area contributed by atoms with Crippen molar-refractivity contribution in [2.45, 2.75) is 6.42 Å². The smallest absolute Gasteiger partial charge is 0.192 e. The van der Waals surface area contributed by atoms with Crippen LogP contribution in [-0.4, -0.2) is 24.5 Å². The Kier molecular flexibility index (Phi) is 3.98. The molecule has 1 aliphatic carbocycles. The van der Waals surface area contributed by atoms with Gasteiger partial charge in [0.05, 0.1) is 17.9 Å². The number of hydrogen-bond acceptors (Lipinski definition) is 4. The van der Waals surface area contributed by atoms with E-state index in [9.17, 15) is 4.79 Å². The van der Waals surface area contributed by atoms with Gasteiger partial charge in [-0.2, -0.15) is 10.2 Å². The Morgan fingerprint density at radius 3 is 2.38 bits per heavy atom. The van der Waals surface area contributed by atoms with Gasteiger partial charge in [-0.1, -0.05) is 24.3 Å². The van der Waals surface area contributed by atoms with Gasteiger partial charge in [-0.15, -0.1) is 0 Å². The first kappa shape index (κ1) is 17.3. The van der Waals surface area contributed by atoms with Crippen LogP contribution in [0.5, 0.6) is 0 Å². The molecule has 0 spiro atoms. The van der Waals surface area contributed by atoms with Gasteiger partial charge in [-0.25, -0.2) is 0 Å². The molecule has 0 fully saturated rings. The largest absolute Gasteiger partial charge is 0.289 e. The standard InChI is InChI=1S/C23H19N5O/c1-27-13-18(11-25-27)15-3-4-16-6-8-22-21(23(29)20(16)7-5-15)9-17(10-24-22)19-12-26-28(2)14-19/h3-6,8-14H,7H2,1-2H3. The number of fused-ring (bicyclic) bond motifs is 2. The molecule has 3 heterocycles. The van der Waals surface area contributed by atoms with Gasteiger partial charge in [0, 0.05) is 60.3 Å². The Labute approximate surface area is 167 Å². The molecular weight excluding hydrogens is 362 g/mol. The minimum Gasteiger partial charge on any atom is -0.289 e. The summed E-state index contributed by atoms with van der Waals surface area (Å²) in [6.07, 6.45) is 16.0. The average molecular weight is 381 g/mol. The predicted octanol–water partition coefficient (Wildman–Crippen LogP) is 3.38. The molecule has 5 rings (SSSR count). The van der Waals surface area contributed by atoms with Crippen molar-refractivity contribution in [2.75, 3.05) is 0 Å². The lowest BCUT2D eigenvalue weighted by atomic mass is 10.1. The van der Waals surface area contributed by atoms with Crippen molar-refractivity contribution in [1.29, 1.82) is 0 Å². The summed E-state index contributed by atoms with van der Waals surface area (Å²) in [6.45, 7) is 0. The van der Waals surface area contributed by atoms with Crippen molar-refractivity contribution in [2.24, 2.45) is 14.1 Å². The molecule has 142 valence electrons. The minimum absolute atomic E-state index is 0.0200. The Bertz CT molecular complexity index is 1370. The maximum absolute atomic E-state index is 13.4. The third-order valence-corrected chi connectivity index (χ3v) is 5.25. The zero-order valence-electron chi connectivity index (χ0n) is 16.2. The van der Waals surface area contributed by atoms with Crippen LogP contribution in [0.1, 0.15) is 16.7 Å². The second kappa shape index (κ2) is 6.67. The summed E-state index contributed by atoms with van der Waals surface area (Å²) in [7, 11) is 3.77. The van der Waals surface area contributed by atoms with E-state index < -0.39 is 0 Å². The summed E-state index contributed by atoms with van der Waals surface area (Å²) in [5.74, 6) is 0. The van der Waals surface area contributed by atoms with Gasteiger partial charge >= 0.3 is 0 Å². The number of pyridine rings is 1. The van der Waals surface area contributed by atoms with Crippen LogP contribution < -0.4 is 5.43 Å². The highest BCUT2D eigenvalue weighted by Crippen LogP contribution is 2.25. The fraction of sp³-hybridized carbons (Fsp3) is 0.130. The molecular formula is C23H19N5O. The van der Waals surface area contributed by atoms with Gasteiger partial charge in [0.25, 0.3) is 0 Å². The Hall–Kier alpha value is -3.80. The van der Waals surface area contributed by atoms with Gasteiger partial charge in [0.1, 0.15) is 0 Å². The van der Waals surface area contributed by atoms with Crippen LogP contribution in [0.4, 0.5) is 0 Å². The van der Waals surface area contributed by atoms with E-state index in [2.05, 4.69) is 21.3 Å². The third kappa shape index (κ3) is 3.08. The summed E-state index contributed by atoms with van der Waals surface area (Å²) >= 11 is 0. The van der Waals surface area contributed by atoms with Crippen molar-refractivity contribution in [1.82, 2.24) is 24.5 Å². The van der Waals surface area contributed by atoms with Crippen molar-refractivity contribution in [3.8, 4) is 11.1 Å². The van der Waals surface area contributed by atoms with Gasteiger partial charge < -0.3 is 0 Å². The maximum Gasteiger partial charge on any atom is 0.192 e. The summed E-state index contributed by atoms with van der Waals surface area (Å²) in [6, 6.07) is 5.82. The third-order valence-electron chi connectivity index (χ3n) is 5.25. The average Bonchev–Trinajstić information content (AvgIpc) is 3.25. The summed E-state index contributed by atoms with van der Waals surface area (Å²) in [4.78, 5) is 18.0. The van der Waals surface area contributed by atoms with E-state index >= 15 is 0 Å². The molecule has 0 amide bonds. The Morgan fingerprint density at radius 1 is 0.897 bits per heavy atom. The van der Waals surface area contributed by atoms with Crippen LogP contribution in [0.25, 0.3) is 33.7 Å². The zero-order valence-corrected chi connectivity index (χ0v) is 16.2. The van der Waals surface area contributed by atoms with Gasteiger partial charge in [0.15, 0.2) is 5.43 Å². The molecule has 0 bridgehead atoms. The zero-order chi connectivity index (χ0) is 20.0. The molecule has 3 aromatic heterocycles. The maximum atomic E-state index is 13.4. The lowest BCUT2D eigenvalue weighted by Crippen LogP contribution is -2.07. The molecule has 0 radical (unpaired) electrons. The van der Waals surface area contributed by atoms with E-state index in [1.54, 1.807) is 21.8 Å². The molecule has 1 aliphatic rings. The number of aryl methyl sites for hydroxylation is 2. The fourth-order valence-electron chi connectivity index (χ4n) is 3.69. The highest BCUT2D eigenvalue weighted by atomic mass is 16.1. The lowest BCUT2D eigenvalue weighted by molar-refractivity contribution is 0.767. The molecule has 0 atom stereocenters. The molecule has 6 heteroatoms. The highest BCUT2D eigenvalue weighted by Gasteiger charge is 2.13. The molecule has 0 saturated heterocycles. The van der Waals surface area contributed by atoms with Crippen LogP contribution in [0.2, 0.25) is 0 Å². The first-order valence-electron chi connectivity index (χ1n) is 9.41. The second-order valence-electron chi connectivity index (χ2n) is 7.26. The fourth-order valence-corrected chi connectivity index (χ4v) is 3.69. The van der Waals surface area contributed by atoms with Crippen molar-refractivity contribution in [3.63, 3.8) is 0 Å². The summed E-state index contributed by atoms with van der Waals surface area (Å²) in [5.41, 5.74) is 6.35. The lowest BCUT2D eigenvalue weighted by Gasteiger charge is -1.99. The van der Waals surface area contributed by atoms with Crippen molar-refractivity contribution >= 4 is 22.6 Å². The Morgan fingerprint density at radius 2 is 1.66 bits per heavy atom. The molecule has 0 aliphatic heterocycles.